The molecule has 1 saturated heterocycles. The van der Waals surface area contributed by atoms with Crippen LogP contribution in [0.1, 0.15) is 11.6 Å². The van der Waals surface area contributed by atoms with E-state index in [1.807, 2.05) is 0 Å². The zero-order valence-electron chi connectivity index (χ0n) is 12.2. The third-order valence-corrected chi connectivity index (χ3v) is 3.48. The van der Waals surface area contributed by atoms with Crippen LogP contribution in [0.2, 0.25) is 0 Å². The van der Waals surface area contributed by atoms with Crippen molar-refractivity contribution in [3.05, 3.63) is 17.7 Å². The molecule has 7 nitrogen and oxygen atoms in total. The van der Waals surface area contributed by atoms with Crippen molar-refractivity contribution >= 4 is 11.7 Å². The molecule has 1 fully saturated rings. The number of nitrogens with zero attached hydrogens (tertiary/aromatic N) is 1. The molecule has 1 heterocycles. The number of ether oxygens (including phenoxy) is 3. The smallest absolute Gasteiger partial charge is 0.325 e. The second-order valence-corrected chi connectivity index (χ2v) is 4.68. The molecule has 3 N–H and O–H groups in total. The molecule has 2 rings (SSSR count). The van der Waals surface area contributed by atoms with Crippen LogP contribution in [-0.2, 0) is 9.53 Å². The Morgan fingerprint density at radius 2 is 1.90 bits per heavy atom. The standard InChI is InChI=1S/C14H20N2O5/c1-19-11-8-10(16-3-5-21-6-4-16)12(20-2)7-9(11)13(15)14(17)18/h7-8,13H,3-6,15H2,1-2H3,(H,17,18)/t13-/m0/s1. The summed E-state index contributed by atoms with van der Waals surface area (Å²) >= 11 is 0. The first kappa shape index (κ1) is 15.4. The molecule has 0 aromatic heterocycles. The second kappa shape index (κ2) is 6.64. The molecule has 0 bridgehead atoms. The van der Waals surface area contributed by atoms with Crippen molar-refractivity contribution in [3.8, 4) is 11.5 Å². The minimum absolute atomic E-state index is 0.388. The zero-order chi connectivity index (χ0) is 15.4. The molecular weight excluding hydrogens is 276 g/mol. The first-order chi connectivity index (χ1) is 10.1. The van der Waals surface area contributed by atoms with E-state index in [0.29, 0.717) is 30.3 Å². The van der Waals surface area contributed by atoms with Crippen LogP contribution in [0, 0.1) is 0 Å². The quantitative estimate of drug-likeness (QED) is 0.822. The lowest BCUT2D eigenvalue weighted by atomic mass is 10.0. The summed E-state index contributed by atoms with van der Waals surface area (Å²) in [7, 11) is 3.03. The van der Waals surface area contributed by atoms with E-state index < -0.39 is 12.0 Å². The van der Waals surface area contributed by atoms with Gasteiger partial charge in [0.25, 0.3) is 0 Å². The summed E-state index contributed by atoms with van der Waals surface area (Å²) in [6, 6.07) is 2.23. The topological polar surface area (TPSA) is 94.3 Å². The van der Waals surface area contributed by atoms with Gasteiger partial charge in [-0.15, -0.1) is 0 Å². The largest absolute Gasteiger partial charge is 0.496 e. The van der Waals surface area contributed by atoms with Gasteiger partial charge in [0.15, 0.2) is 0 Å². The molecule has 1 aliphatic heterocycles. The molecule has 0 unspecified atom stereocenters. The van der Waals surface area contributed by atoms with Gasteiger partial charge in [0, 0.05) is 24.7 Å². The van der Waals surface area contributed by atoms with Crippen LogP contribution in [0.4, 0.5) is 5.69 Å². The predicted molar refractivity (Wildman–Crippen MR) is 77.1 cm³/mol. The summed E-state index contributed by atoms with van der Waals surface area (Å²) in [4.78, 5) is 13.2. The van der Waals surface area contributed by atoms with Gasteiger partial charge in [-0.2, -0.15) is 0 Å². The van der Waals surface area contributed by atoms with E-state index in [1.54, 1.807) is 19.2 Å². The van der Waals surface area contributed by atoms with Crippen LogP contribution < -0.4 is 20.1 Å². The highest BCUT2D eigenvalue weighted by Crippen LogP contribution is 2.38. The lowest BCUT2D eigenvalue weighted by molar-refractivity contribution is -0.138. The van der Waals surface area contributed by atoms with Gasteiger partial charge in [-0.25, -0.2) is 0 Å². The molecule has 21 heavy (non-hydrogen) atoms. The first-order valence-corrected chi connectivity index (χ1v) is 6.65. The van der Waals surface area contributed by atoms with Gasteiger partial charge in [0.05, 0.1) is 33.1 Å². The van der Waals surface area contributed by atoms with Gasteiger partial charge in [-0.3, -0.25) is 4.79 Å². The maximum absolute atomic E-state index is 11.1. The van der Waals surface area contributed by atoms with Crippen LogP contribution in [0.25, 0.3) is 0 Å². The molecule has 0 spiro atoms. The lowest BCUT2D eigenvalue weighted by Crippen LogP contribution is -2.36. The molecule has 1 aromatic carbocycles. The van der Waals surface area contributed by atoms with E-state index in [4.69, 9.17) is 25.1 Å². The number of hydrogen-bond donors (Lipinski definition) is 2. The number of hydrogen-bond acceptors (Lipinski definition) is 6. The number of anilines is 1. The van der Waals surface area contributed by atoms with Gasteiger partial charge in [0.1, 0.15) is 17.5 Å². The predicted octanol–water partition coefficient (Wildman–Crippen LogP) is 0.625. The number of nitrogens with two attached hydrogens (primary N) is 1. The number of aliphatic carboxylic acids is 1. The summed E-state index contributed by atoms with van der Waals surface area (Å²) in [6.45, 7) is 2.76. The van der Waals surface area contributed by atoms with Crippen LogP contribution in [0.5, 0.6) is 11.5 Å². The Morgan fingerprint density at radius 3 is 2.43 bits per heavy atom. The fourth-order valence-electron chi connectivity index (χ4n) is 2.33. The van der Waals surface area contributed by atoms with Crippen LogP contribution in [0.3, 0.4) is 0 Å². The normalized spacial score (nSPS) is 16.4. The van der Waals surface area contributed by atoms with Crippen molar-refractivity contribution in [1.29, 1.82) is 0 Å². The number of benzene rings is 1. The molecule has 0 aliphatic carbocycles. The van der Waals surface area contributed by atoms with Crippen molar-refractivity contribution in [3.63, 3.8) is 0 Å². The Hall–Kier alpha value is -1.99. The Labute approximate surface area is 123 Å². The van der Waals surface area contributed by atoms with Gasteiger partial charge in [0.2, 0.25) is 0 Å². The first-order valence-electron chi connectivity index (χ1n) is 6.65. The number of morpholine rings is 1. The molecule has 0 radical (unpaired) electrons. The van der Waals surface area contributed by atoms with E-state index in [2.05, 4.69) is 4.90 Å². The fourth-order valence-corrected chi connectivity index (χ4v) is 2.33. The Bertz CT molecular complexity index is 514. The number of rotatable bonds is 5. The average molecular weight is 296 g/mol. The highest BCUT2D eigenvalue weighted by Gasteiger charge is 2.24. The van der Waals surface area contributed by atoms with Gasteiger partial charge in [-0.05, 0) is 6.07 Å². The van der Waals surface area contributed by atoms with E-state index in [-0.39, 0.29) is 0 Å². The average Bonchev–Trinajstić information content (AvgIpc) is 2.53. The molecule has 1 aromatic rings. The number of carbonyl (C=O) groups is 1. The molecule has 0 amide bonds. The summed E-state index contributed by atoms with van der Waals surface area (Å²) in [5.41, 5.74) is 6.93. The van der Waals surface area contributed by atoms with Crippen molar-refractivity contribution in [2.45, 2.75) is 6.04 Å². The van der Waals surface area contributed by atoms with Gasteiger partial charge < -0.3 is 30.0 Å². The fraction of sp³-hybridized carbons (Fsp3) is 0.500. The van der Waals surface area contributed by atoms with E-state index in [0.717, 1.165) is 18.8 Å². The zero-order valence-corrected chi connectivity index (χ0v) is 12.2. The molecule has 7 heteroatoms. The highest BCUT2D eigenvalue weighted by molar-refractivity contribution is 5.78. The molecule has 0 saturated carbocycles. The summed E-state index contributed by atoms with van der Waals surface area (Å²) in [6.07, 6.45) is 0. The monoisotopic (exact) mass is 296 g/mol. The maximum Gasteiger partial charge on any atom is 0.325 e. The van der Waals surface area contributed by atoms with Gasteiger partial charge in [-0.1, -0.05) is 0 Å². The van der Waals surface area contributed by atoms with Crippen LogP contribution >= 0.6 is 0 Å². The summed E-state index contributed by atoms with van der Waals surface area (Å²) in [5.74, 6) is -0.105. The van der Waals surface area contributed by atoms with E-state index in [1.165, 1.54) is 7.11 Å². The molecule has 116 valence electrons. The lowest BCUT2D eigenvalue weighted by Gasteiger charge is -2.31. The molecule has 1 aliphatic rings. The molecule has 1 atom stereocenters. The minimum Gasteiger partial charge on any atom is -0.496 e. The van der Waals surface area contributed by atoms with Crippen molar-refractivity contribution in [2.75, 3.05) is 45.4 Å². The SMILES string of the molecule is COc1cc(N2CCOCC2)c(OC)cc1[C@H](N)C(=O)O. The van der Waals surface area contributed by atoms with Gasteiger partial charge >= 0.3 is 5.97 Å². The minimum atomic E-state index is -1.16. The Balaban J connectivity index is 2.44. The highest BCUT2D eigenvalue weighted by atomic mass is 16.5. The van der Waals surface area contributed by atoms with Crippen molar-refractivity contribution in [2.24, 2.45) is 5.73 Å². The summed E-state index contributed by atoms with van der Waals surface area (Å²) in [5, 5.41) is 9.09. The van der Waals surface area contributed by atoms with E-state index in [9.17, 15) is 4.79 Å². The van der Waals surface area contributed by atoms with Crippen LogP contribution in [-0.4, -0.2) is 51.6 Å². The number of carboxylic acid groups (broad SMARTS) is 1. The number of methoxy groups -OCH3 is 2. The number of carboxylic acids is 1. The maximum atomic E-state index is 11.1. The Morgan fingerprint density at radius 1 is 1.29 bits per heavy atom. The molecular formula is C14H20N2O5. The Kier molecular flexibility index (Phi) is 4.87. The second-order valence-electron chi connectivity index (χ2n) is 4.68. The third-order valence-electron chi connectivity index (χ3n) is 3.48. The summed E-state index contributed by atoms with van der Waals surface area (Å²) < 4.78 is 16.0. The van der Waals surface area contributed by atoms with Crippen molar-refractivity contribution in [1.82, 2.24) is 0 Å². The van der Waals surface area contributed by atoms with Crippen LogP contribution in [0.15, 0.2) is 12.1 Å². The third kappa shape index (κ3) is 3.20. The van der Waals surface area contributed by atoms with Crippen molar-refractivity contribution < 1.29 is 24.1 Å². The van der Waals surface area contributed by atoms with E-state index >= 15 is 0 Å².